The maximum absolute atomic E-state index is 12.8. The quantitative estimate of drug-likeness (QED) is 0.285. The van der Waals surface area contributed by atoms with Crippen molar-refractivity contribution in [3.05, 3.63) is 65.9 Å². The van der Waals surface area contributed by atoms with E-state index in [9.17, 15) is 9.59 Å². The first-order chi connectivity index (χ1) is 17.3. The Morgan fingerprint density at radius 1 is 1.06 bits per heavy atom. The summed E-state index contributed by atoms with van der Waals surface area (Å²) in [6.45, 7) is 3.38. The average Bonchev–Trinajstić information content (AvgIpc) is 3.53. The van der Waals surface area contributed by atoms with Crippen LogP contribution in [-0.4, -0.2) is 36.6 Å². The third kappa shape index (κ3) is 4.63. The number of aromatic nitrogens is 1. The maximum Gasteiger partial charge on any atom is 0.352 e. The van der Waals surface area contributed by atoms with E-state index in [1.165, 1.54) is 27.4 Å². The lowest BCUT2D eigenvalue weighted by atomic mass is 10.1. The molecule has 186 valence electrons. The zero-order valence-electron chi connectivity index (χ0n) is 19.7. The van der Waals surface area contributed by atoms with Gasteiger partial charge in [0.2, 0.25) is 6.79 Å². The van der Waals surface area contributed by atoms with Gasteiger partial charge in [-0.2, -0.15) is 0 Å². The van der Waals surface area contributed by atoms with Crippen LogP contribution in [0.25, 0.3) is 11.3 Å². The number of nitrogens with one attached hydrogen (secondary N) is 2. The number of carbonyl (C=O) groups is 2. The van der Waals surface area contributed by atoms with Crippen LogP contribution in [0.5, 0.6) is 17.2 Å². The third-order valence-electron chi connectivity index (χ3n) is 5.41. The Kier molecular flexibility index (Phi) is 5.88. The summed E-state index contributed by atoms with van der Waals surface area (Å²) in [4.78, 5) is 29.5. The zero-order valence-corrected chi connectivity index (χ0v) is 19.7. The predicted molar refractivity (Wildman–Crippen MR) is 125 cm³/mol. The highest BCUT2D eigenvalue weighted by molar-refractivity contribution is 6.16. The molecule has 0 radical (unpaired) electrons. The average molecular weight is 493 g/mol. The van der Waals surface area contributed by atoms with Crippen molar-refractivity contribution in [2.75, 3.05) is 19.2 Å². The van der Waals surface area contributed by atoms with Crippen molar-refractivity contribution in [3.8, 4) is 28.6 Å². The number of benzene rings is 2. The molecular weight excluding hydrogens is 470 g/mol. The summed E-state index contributed by atoms with van der Waals surface area (Å²) < 4.78 is 32.3. The summed E-state index contributed by atoms with van der Waals surface area (Å²) in [5, 5.41) is 6.21. The van der Waals surface area contributed by atoms with Gasteiger partial charge in [-0.1, -0.05) is 6.07 Å². The summed E-state index contributed by atoms with van der Waals surface area (Å²) in [5.41, 5.74) is 1.74. The molecule has 0 unspecified atom stereocenters. The number of rotatable bonds is 7. The fraction of sp³-hybridized carbons (Fsp3) is 0.240. The number of methoxy groups -OCH3 is 1. The molecule has 5 rings (SSSR count). The number of ether oxygens (including phenoxy) is 5. The molecule has 2 N–H and O–H groups in total. The standard InChI is InChI=1S/C25H23N3O8/c1-25(2)35-23(29)21(24(30)36-25)22(27-10-14-4-7-17-19(8-14)34-13-33-17)28-15-5-6-16(18(9-15)31-3)20-11-26-12-32-20/h4-9,11-12,27-28H,10,13H2,1-3H3. The smallest absolute Gasteiger partial charge is 0.352 e. The lowest BCUT2D eigenvalue weighted by Crippen LogP contribution is -2.44. The van der Waals surface area contributed by atoms with Gasteiger partial charge in [0.15, 0.2) is 29.2 Å². The highest BCUT2D eigenvalue weighted by Gasteiger charge is 2.41. The van der Waals surface area contributed by atoms with Crippen molar-refractivity contribution in [1.82, 2.24) is 10.3 Å². The van der Waals surface area contributed by atoms with Crippen molar-refractivity contribution in [2.45, 2.75) is 26.2 Å². The van der Waals surface area contributed by atoms with E-state index in [0.717, 1.165) is 5.56 Å². The molecule has 2 aliphatic heterocycles. The van der Waals surface area contributed by atoms with Gasteiger partial charge in [-0.3, -0.25) is 0 Å². The van der Waals surface area contributed by atoms with Crippen molar-refractivity contribution in [2.24, 2.45) is 0 Å². The topological polar surface area (TPSA) is 130 Å². The Morgan fingerprint density at radius 2 is 1.83 bits per heavy atom. The minimum Gasteiger partial charge on any atom is -0.496 e. The number of carbonyl (C=O) groups excluding carboxylic acids is 2. The molecule has 1 fully saturated rings. The molecule has 36 heavy (non-hydrogen) atoms. The van der Waals surface area contributed by atoms with Crippen LogP contribution in [0.1, 0.15) is 19.4 Å². The molecule has 0 spiro atoms. The van der Waals surface area contributed by atoms with E-state index in [1.54, 1.807) is 30.5 Å². The Morgan fingerprint density at radius 3 is 2.56 bits per heavy atom. The van der Waals surface area contributed by atoms with E-state index in [-0.39, 0.29) is 24.7 Å². The molecule has 0 saturated carbocycles. The molecule has 0 aliphatic carbocycles. The number of cyclic esters (lactones) is 2. The van der Waals surface area contributed by atoms with Gasteiger partial charge in [0.25, 0.3) is 5.79 Å². The van der Waals surface area contributed by atoms with Crippen LogP contribution in [0, 0.1) is 0 Å². The largest absolute Gasteiger partial charge is 0.496 e. The van der Waals surface area contributed by atoms with Gasteiger partial charge in [0.05, 0.1) is 18.9 Å². The van der Waals surface area contributed by atoms with E-state index < -0.39 is 17.7 Å². The minimum atomic E-state index is -1.37. The fourth-order valence-corrected chi connectivity index (χ4v) is 3.76. The van der Waals surface area contributed by atoms with Crippen LogP contribution < -0.4 is 24.8 Å². The van der Waals surface area contributed by atoms with E-state index >= 15 is 0 Å². The van der Waals surface area contributed by atoms with Gasteiger partial charge >= 0.3 is 11.9 Å². The monoisotopic (exact) mass is 493 g/mol. The Hall–Kier alpha value is -4.67. The molecular formula is C25H23N3O8. The van der Waals surface area contributed by atoms with Gasteiger partial charge < -0.3 is 38.7 Å². The molecule has 1 aromatic heterocycles. The fourth-order valence-electron chi connectivity index (χ4n) is 3.76. The molecule has 3 aromatic rings. The van der Waals surface area contributed by atoms with E-state index in [1.807, 2.05) is 12.1 Å². The number of nitrogens with zero attached hydrogens (tertiary/aromatic N) is 1. The zero-order chi connectivity index (χ0) is 25.3. The molecule has 11 nitrogen and oxygen atoms in total. The highest BCUT2D eigenvalue weighted by atomic mass is 16.7. The summed E-state index contributed by atoms with van der Waals surface area (Å²) >= 11 is 0. The summed E-state index contributed by atoms with van der Waals surface area (Å²) in [6, 6.07) is 10.7. The Labute approximate surface area is 205 Å². The third-order valence-corrected chi connectivity index (χ3v) is 5.41. The van der Waals surface area contributed by atoms with Crippen LogP contribution in [0.2, 0.25) is 0 Å². The molecule has 0 bridgehead atoms. The number of fused-ring (bicyclic) bond motifs is 1. The second-order valence-electron chi connectivity index (χ2n) is 8.38. The van der Waals surface area contributed by atoms with Crippen LogP contribution in [0.15, 0.2) is 64.8 Å². The lowest BCUT2D eigenvalue weighted by molar-refractivity contribution is -0.222. The lowest BCUT2D eigenvalue weighted by Gasteiger charge is -2.31. The number of hydrogen-bond acceptors (Lipinski definition) is 11. The van der Waals surface area contributed by atoms with E-state index in [2.05, 4.69) is 15.6 Å². The number of anilines is 1. The van der Waals surface area contributed by atoms with Crippen LogP contribution >= 0.6 is 0 Å². The van der Waals surface area contributed by atoms with Gasteiger partial charge in [-0.15, -0.1) is 0 Å². The van der Waals surface area contributed by atoms with Gasteiger partial charge in [0.1, 0.15) is 11.6 Å². The van der Waals surface area contributed by atoms with Crippen LogP contribution in [-0.2, 0) is 25.6 Å². The first-order valence-electron chi connectivity index (χ1n) is 11.0. The second-order valence-corrected chi connectivity index (χ2v) is 8.38. The van der Waals surface area contributed by atoms with Gasteiger partial charge in [-0.05, 0) is 29.8 Å². The summed E-state index contributed by atoms with van der Waals surface area (Å²) in [7, 11) is 1.52. The summed E-state index contributed by atoms with van der Waals surface area (Å²) in [5.74, 6) is -0.621. The van der Waals surface area contributed by atoms with Crippen LogP contribution in [0.4, 0.5) is 5.69 Å². The van der Waals surface area contributed by atoms with Gasteiger partial charge in [-0.25, -0.2) is 14.6 Å². The first kappa shape index (κ1) is 23.1. The molecule has 3 heterocycles. The first-order valence-corrected chi connectivity index (χ1v) is 11.0. The van der Waals surface area contributed by atoms with Crippen LogP contribution in [0.3, 0.4) is 0 Å². The predicted octanol–water partition coefficient (Wildman–Crippen LogP) is 3.33. The SMILES string of the molecule is COc1cc(NC(NCc2ccc3c(c2)OCO3)=C2C(=O)OC(C)(C)OC2=O)ccc1-c1cnco1. The Bertz CT molecular complexity index is 1330. The van der Waals surface area contributed by atoms with E-state index in [4.69, 9.17) is 28.1 Å². The normalized spacial score (nSPS) is 15.7. The van der Waals surface area contributed by atoms with E-state index in [0.29, 0.717) is 34.3 Å². The molecule has 11 heteroatoms. The van der Waals surface area contributed by atoms with Crippen molar-refractivity contribution in [3.63, 3.8) is 0 Å². The highest BCUT2D eigenvalue weighted by Crippen LogP contribution is 2.34. The van der Waals surface area contributed by atoms with Gasteiger partial charge in [0, 0.05) is 32.1 Å². The number of esters is 2. The van der Waals surface area contributed by atoms with Crippen molar-refractivity contribution >= 4 is 17.6 Å². The minimum absolute atomic E-state index is 0.104. The second kappa shape index (κ2) is 9.17. The maximum atomic E-state index is 12.8. The number of hydrogen-bond donors (Lipinski definition) is 2. The van der Waals surface area contributed by atoms with Crippen molar-refractivity contribution in [1.29, 1.82) is 0 Å². The molecule has 2 aliphatic rings. The van der Waals surface area contributed by atoms with Crippen molar-refractivity contribution < 1.29 is 37.7 Å². The molecule has 0 atom stereocenters. The Balaban J connectivity index is 1.46. The molecule has 2 aromatic carbocycles. The molecule has 0 amide bonds. The number of oxazole rings is 1. The molecule has 1 saturated heterocycles. The summed E-state index contributed by atoms with van der Waals surface area (Å²) in [6.07, 6.45) is 2.90.